The van der Waals surface area contributed by atoms with E-state index in [9.17, 15) is 5.26 Å². The Morgan fingerprint density at radius 1 is 0.971 bits per heavy atom. The van der Waals surface area contributed by atoms with Gasteiger partial charge in [0.1, 0.15) is 29.6 Å². The lowest BCUT2D eigenvalue weighted by Gasteiger charge is -2.26. The van der Waals surface area contributed by atoms with Crippen LogP contribution in [0.1, 0.15) is 5.56 Å². The summed E-state index contributed by atoms with van der Waals surface area (Å²) in [5.74, 6) is 2.87. The van der Waals surface area contributed by atoms with Gasteiger partial charge in [0.2, 0.25) is 0 Å². The van der Waals surface area contributed by atoms with Crippen molar-refractivity contribution in [1.29, 1.82) is 5.26 Å². The second-order valence-corrected chi connectivity index (χ2v) is 8.76. The highest BCUT2D eigenvalue weighted by Crippen LogP contribution is 2.37. The molecule has 6 heteroatoms. The fourth-order valence-electron chi connectivity index (χ4n) is 3.81. The summed E-state index contributed by atoms with van der Waals surface area (Å²) in [5.41, 5.74) is 4.14. The molecule has 0 saturated heterocycles. The molecule has 0 bridgehead atoms. The van der Waals surface area contributed by atoms with Gasteiger partial charge in [-0.25, -0.2) is 4.98 Å². The number of thioether (sulfide) groups is 1. The van der Waals surface area contributed by atoms with Crippen molar-refractivity contribution in [2.75, 3.05) is 19.5 Å². The molecular weight excluding hydrogens is 444 g/mol. The van der Waals surface area contributed by atoms with E-state index in [1.165, 1.54) is 11.8 Å². The maximum Gasteiger partial charge on any atom is 0.161 e. The molecule has 0 unspecified atom stereocenters. The van der Waals surface area contributed by atoms with Crippen LogP contribution in [0.15, 0.2) is 90.0 Å². The maximum atomic E-state index is 10.1. The van der Waals surface area contributed by atoms with E-state index in [4.69, 9.17) is 19.2 Å². The van der Waals surface area contributed by atoms with Gasteiger partial charge in [-0.05, 0) is 35.9 Å². The third kappa shape index (κ3) is 4.57. The van der Waals surface area contributed by atoms with Crippen molar-refractivity contribution in [2.24, 2.45) is 0 Å². The average molecular weight is 467 g/mol. The Bertz CT molecular complexity index is 1330. The van der Waals surface area contributed by atoms with E-state index in [-0.39, 0.29) is 6.10 Å². The van der Waals surface area contributed by atoms with Crippen LogP contribution >= 0.6 is 11.8 Å². The van der Waals surface area contributed by atoms with Gasteiger partial charge in [-0.3, -0.25) is 0 Å². The molecule has 1 aliphatic rings. The Morgan fingerprint density at radius 2 is 1.71 bits per heavy atom. The smallest absolute Gasteiger partial charge is 0.161 e. The highest BCUT2D eigenvalue weighted by molar-refractivity contribution is 7.99. The number of ether oxygens (including phenoxy) is 3. The Morgan fingerprint density at radius 3 is 2.44 bits per heavy atom. The van der Waals surface area contributed by atoms with E-state index < -0.39 is 0 Å². The number of pyridine rings is 1. The van der Waals surface area contributed by atoms with E-state index in [2.05, 4.69) is 6.07 Å². The summed E-state index contributed by atoms with van der Waals surface area (Å²) in [6.07, 6.45) is -0.141. The number of para-hydroxylation sites is 2. The molecule has 34 heavy (non-hydrogen) atoms. The fourth-order valence-corrected chi connectivity index (χ4v) is 4.78. The molecule has 0 aliphatic carbocycles. The van der Waals surface area contributed by atoms with Crippen LogP contribution in [0.2, 0.25) is 0 Å². The van der Waals surface area contributed by atoms with Crippen molar-refractivity contribution in [1.82, 2.24) is 4.98 Å². The van der Waals surface area contributed by atoms with Crippen LogP contribution in [0.25, 0.3) is 22.4 Å². The van der Waals surface area contributed by atoms with Gasteiger partial charge in [0.25, 0.3) is 0 Å². The maximum absolute atomic E-state index is 10.1. The number of hydrogen-bond acceptors (Lipinski definition) is 6. The molecule has 3 aromatic carbocycles. The van der Waals surface area contributed by atoms with Crippen LogP contribution in [-0.2, 0) is 0 Å². The molecule has 1 atom stereocenters. The van der Waals surface area contributed by atoms with Crippen molar-refractivity contribution in [3.8, 4) is 45.7 Å². The number of rotatable bonds is 6. The van der Waals surface area contributed by atoms with E-state index in [0.717, 1.165) is 39.6 Å². The standard InChI is InChI=1S/C28H22N2O3S/c1-31-21-13-11-19(12-14-21)23-15-25(20-7-3-2-4-8-20)30-28(24(23)16-29)34-18-22-17-32-26-9-5-6-10-27(26)33-22/h2-15,22H,17-18H2,1H3/t22-/m1/s1. The van der Waals surface area contributed by atoms with Gasteiger partial charge in [-0.1, -0.05) is 54.6 Å². The van der Waals surface area contributed by atoms with Gasteiger partial charge >= 0.3 is 0 Å². The van der Waals surface area contributed by atoms with E-state index >= 15 is 0 Å². The van der Waals surface area contributed by atoms with Crippen molar-refractivity contribution in [2.45, 2.75) is 11.1 Å². The molecule has 5 rings (SSSR count). The first-order valence-corrected chi connectivity index (χ1v) is 11.9. The third-order valence-corrected chi connectivity index (χ3v) is 6.65. The zero-order valence-corrected chi connectivity index (χ0v) is 19.4. The molecule has 0 amide bonds. The highest BCUT2D eigenvalue weighted by atomic mass is 32.2. The van der Waals surface area contributed by atoms with Crippen molar-refractivity contribution in [3.63, 3.8) is 0 Å². The number of fused-ring (bicyclic) bond motifs is 1. The minimum Gasteiger partial charge on any atom is -0.497 e. The number of hydrogen-bond donors (Lipinski definition) is 0. The van der Waals surface area contributed by atoms with Gasteiger partial charge in [0, 0.05) is 16.9 Å². The fraction of sp³-hybridized carbons (Fsp3) is 0.143. The largest absolute Gasteiger partial charge is 0.497 e. The molecule has 1 aliphatic heterocycles. The molecule has 5 nitrogen and oxygen atoms in total. The van der Waals surface area contributed by atoms with Gasteiger partial charge in [0.05, 0.1) is 18.4 Å². The molecule has 0 radical (unpaired) electrons. The summed E-state index contributed by atoms with van der Waals surface area (Å²) in [4.78, 5) is 4.88. The summed E-state index contributed by atoms with van der Waals surface area (Å²) in [6, 6.07) is 29.8. The summed E-state index contributed by atoms with van der Waals surface area (Å²) in [6.45, 7) is 0.454. The molecule has 1 aromatic heterocycles. The summed E-state index contributed by atoms with van der Waals surface area (Å²) < 4.78 is 17.3. The zero-order valence-electron chi connectivity index (χ0n) is 18.6. The average Bonchev–Trinajstić information content (AvgIpc) is 2.91. The Labute approximate surface area is 202 Å². The first-order chi connectivity index (χ1) is 16.7. The normalized spacial score (nSPS) is 14.3. The molecule has 0 fully saturated rings. The van der Waals surface area contributed by atoms with Crippen LogP contribution in [-0.4, -0.2) is 30.6 Å². The zero-order chi connectivity index (χ0) is 23.3. The first-order valence-electron chi connectivity index (χ1n) is 10.9. The topological polar surface area (TPSA) is 64.4 Å². The molecule has 0 saturated carbocycles. The molecule has 168 valence electrons. The van der Waals surface area contributed by atoms with Gasteiger partial charge in [-0.15, -0.1) is 11.8 Å². The first kappa shape index (κ1) is 21.9. The summed E-state index contributed by atoms with van der Waals surface area (Å²) >= 11 is 1.51. The quantitative estimate of drug-likeness (QED) is 0.314. The summed E-state index contributed by atoms with van der Waals surface area (Å²) in [7, 11) is 1.64. The van der Waals surface area contributed by atoms with Crippen LogP contribution in [0.5, 0.6) is 17.2 Å². The number of nitriles is 1. The molecule has 4 aromatic rings. The molecule has 0 spiro atoms. The second-order valence-electron chi connectivity index (χ2n) is 7.75. The Hall–Kier alpha value is -3.95. The lowest BCUT2D eigenvalue weighted by Crippen LogP contribution is -2.31. The number of methoxy groups -OCH3 is 1. The van der Waals surface area contributed by atoms with Crippen LogP contribution < -0.4 is 14.2 Å². The van der Waals surface area contributed by atoms with E-state index in [1.807, 2.05) is 84.9 Å². The predicted octanol–water partition coefficient (Wildman–Crippen LogP) is 6.23. The minimum absolute atomic E-state index is 0.141. The summed E-state index contributed by atoms with van der Waals surface area (Å²) in [5, 5.41) is 10.8. The van der Waals surface area contributed by atoms with Crippen LogP contribution in [0.4, 0.5) is 0 Å². The SMILES string of the molecule is COc1ccc(-c2cc(-c3ccccc3)nc(SC[C@H]3COc4ccccc4O3)c2C#N)cc1. The number of nitrogens with zero attached hydrogens (tertiary/aromatic N) is 2. The van der Waals surface area contributed by atoms with Crippen molar-refractivity contribution in [3.05, 3.63) is 90.5 Å². The molecule has 2 heterocycles. The van der Waals surface area contributed by atoms with Crippen LogP contribution in [0, 0.1) is 11.3 Å². The number of aromatic nitrogens is 1. The van der Waals surface area contributed by atoms with Crippen LogP contribution in [0.3, 0.4) is 0 Å². The third-order valence-electron chi connectivity index (χ3n) is 5.54. The second kappa shape index (κ2) is 9.90. The minimum atomic E-state index is -0.141. The van der Waals surface area contributed by atoms with Crippen molar-refractivity contribution >= 4 is 11.8 Å². The Balaban J connectivity index is 1.49. The monoisotopic (exact) mass is 466 g/mol. The molecular formula is C28H22N2O3S. The van der Waals surface area contributed by atoms with Gasteiger partial charge in [-0.2, -0.15) is 5.26 Å². The van der Waals surface area contributed by atoms with Gasteiger partial charge < -0.3 is 14.2 Å². The Kier molecular flexibility index (Phi) is 6.37. The number of benzene rings is 3. The van der Waals surface area contributed by atoms with E-state index in [1.54, 1.807) is 7.11 Å². The molecule has 0 N–H and O–H groups in total. The predicted molar refractivity (Wildman–Crippen MR) is 133 cm³/mol. The lowest BCUT2D eigenvalue weighted by molar-refractivity contribution is 0.107. The highest BCUT2D eigenvalue weighted by Gasteiger charge is 2.23. The van der Waals surface area contributed by atoms with Gasteiger partial charge in [0.15, 0.2) is 11.5 Å². The van der Waals surface area contributed by atoms with Crippen molar-refractivity contribution < 1.29 is 14.2 Å². The lowest BCUT2D eigenvalue weighted by atomic mass is 9.99. The van der Waals surface area contributed by atoms with E-state index in [0.29, 0.717) is 22.9 Å².